The summed E-state index contributed by atoms with van der Waals surface area (Å²) in [4.78, 5) is 0. The van der Waals surface area contributed by atoms with Gasteiger partial charge in [-0.2, -0.15) is 0 Å². The highest BCUT2D eigenvalue weighted by atomic mass is 16.5. The smallest absolute Gasteiger partial charge is 0.0580 e. The number of nitrogens with one attached hydrogen (secondary N) is 10. The molecule has 15 heteroatoms. The van der Waals surface area contributed by atoms with Gasteiger partial charge in [0.2, 0.25) is 0 Å². The van der Waals surface area contributed by atoms with Crippen LogP contribution >= 0.6 is 0 Å². The van der Waals surface area contributed by atoms with Crippen LogP contribution in [0.15, 0.2) is 0 Å². The summed E-state index contributed by atoms with van der Waals surface area (Å²) < 4.78 is 28.1. The Labute approximate surface area is 922 Å². The number of hydrogen-bond donors (Lipinski definition) is 10. The molecule has 5 saturated carbocycles. The molecule has 5 rings (SSSR count). The zero-order valence-electron chi connectivity index (χ0n) is 104. The Hall–Kier alpha value is -0.600. The van der Waals surface area contributed by atoms with Crippen molar-refractivity contribution < 1.29 is 23.7 Å². The first-order chi connectivity index (χ1) is 63.0. The summed E-state index contributed by atoms with van der Waals surface area (Å²) in [7, 11) is 0. The average Bonchev–Trinajstić information content (AvgIpc) is 0.912. The van der Waals surface area contributed by atoms with Crippen LogP contribution in [-0.4, -0.2) is 189 Å². The van der Waals surface area contributed by atoms with E-state index in [1.54, 1.807) is 0 Å². The summed E-state index contributed by atoms with van der Waals surface area (Å²) in [5.41, 5.74) is 2.22. The molecule has 15 nitrogen and oxygen atoms in total. The molecule has 0 amide bonds. The molecule has 144 heavy (non-hydrogen) atoms. The molecule has 5 fully saturated rings. The minimum atomic E-state index is 0. The van der Waals surface area contributed by atoms with Gasteiger partial charge >= 0.3 is 0 Å². The summed E-state index contributed by atoms with van der Waals surface area (Å²) in [5, 5.41) is 33.4. The zero-order chi connectivity index (χ0) is 107. The highest BCUT2D eigenvalue weighted by molar-refractivity contribution is 4.80. The first kappa shape index (κ1) is 185. The Morgan fingerprint density at radius 3 is 0.569 bits per heavy atom. The van der Waals surface area contributed by atoms with Gasteiger partial charge in [0.1, 0.15) is 0 Å². The minimum absolute atomic E-state index is 0. The van der Waals surface area contributed by atoms with Crippen molar-refractivity contribution in [3.8, 4) is 0 Å². The summed E-state index contributed by atoms with van der Waals surface area (Å²) in [5.74, 6) is 8.71. The molecule has 0 spiro atoms. The van der Waals surface area contributed by atoms with Crippen LogP contribution in [0.4, 0.5) is 0 Å². The van der Waals surface area contributed by atoms with Crippen molar-refractivity contribution in [1.82, 2.24) is 53.2 Å². The Morgan fingerprint density at radius 1 is 0.201 bits per heavy atom. The molecule has 0 radical (unpaired) electrons. The molecule has 10 atom stereocenters. The summed E-state index contributed by atoms with van der Waals surface area (Å²) in [6, 6.07) is 2.61. The fourth-order valence-electron chi connectivity index (χ4n) is 17.0. The molecule has 0 saturated heterocycles. The normalized spacial score (nSPS) is 21.3. The predicted molar refractivity (Wildman–Crippen MR) is 677 cm³/mol. The van der Waals surface area contributed by atoms with E-state index in [0.29, 0.717) is 87.5 Å². The fourth-order valence-corrected chi connectivity index (χ4v) is 17.0. The molecule has 0 aliphatic heterocycles. The Morgan fingerprint density at radius 2 is 0.410 bits per heavy atom. The average molecular weight is 2080 g/mol. The lowest BCUT2D eigenvalue weighted by molar-refractivity contribution is 0.00758. The van der Waals surface area contributed by atoms with Crippen molar-refractivity contribution in [1.29, 1.82) is 0 Å². The first-order valence-corrected chi connectivity index (χ1v) is 58.4. The lowest BCUT2D eigenvalue weighted by atomic mass is 9.82. The van der Waals surface area contributed by atoms with Crippen LogP contribution in [0.1, 0.15) is 586 Å². The van der Waals surface area contributed by atoms with Gasteiger partial charge in [-0.15, -0.1) is 0 Å². The first-order valence-electron chi connectivity index (χ1n) is 58.4. The molecule has 5 aliphatic carbocycles. The van der Waals surface area contributed by atoms with E-state index in [0.717, 1.165) is 158 Å². The van der Waals surface area contributed by atoms with Gasteiger partial charge in [-0.1, -0.05) is 348 Å². The highest BCUT2D eigenvalue weighted by Gasteiger charge is 2.28. The topological polar surface area (TPSA) is 166 Å². The van der Waals surface area contributed by atoms with Crippen molar-refractivity contribution in [2.45, 2.75) is 657 Å². The maximum Gasteiger partial charge on any atom is 0.0580 e. The largest absolute Gasteiger partial charge is 0.378 e. The van der Waals surface area contributed by atoms with Gasteiger partial charge in [-0.25, -0.2) is 0 Å². The second-order valence-corrected chi connectivity index (χ2v) is 49.7. The van der Waals surface area contributed by atoms with E-state index >= 15 is 0 Å². The maximum atomic E-state index is 5.62. The molecule has 0 bridgehead atoms. The highest BCUT2D eigenvalue weighted by Crippen LogP contribution is 2.34. The van der Waals surface area contributed by atoms with E-state index in [1.165, 1.54) is 193 Å². The quantitative estimate of drug-likeness (QED) is 0.0264. The van der Waals surface area contributed by atoms with E-state index in [-0.39, 0.29) is 59.4 Å². The number of unbranched alkanes of at least 4 members (excludes halogenated alkanes) is 5. The molecule has 5 aliphatic rings. The lowest BCUT2D eigenvalue weighted by Crippen LogP contribution is -2.36. The number of rotatable bonds is 39. The molecule has 0 aromatic carbocycles. The Bertz CT molecular complexity index is 1990. The second kappa shape index (κ2) is 123. The van der Waals surface area contributed by atoms with Crippen molar-refractivity contribution in [2.75, 3.05) is 118 Å². The molecule has 10 unspecified atom stereocenters. The predicted octanol–water partition coefficient (Wildman–Crippen LogP) is 37.1. The van der Waals surface area contributed by atoms with Crippen LogP contribution in [-0.2, 0) is 23.7 Å². The number of hydrogen-bond acceptors (Lipinski definition) is 15. The second-order valence-electron chi connectivity index (χ2n) is 49.7. The third-order valence-corrected chi connectivity index (χ3v) is 22.7. The number of ether oxygens (including phenoxy) is 5. The minimum Gasteiger partial charge on any atom is -0.378 e. The third kappa shape index (κ3) is 177. The van der Waals surface area contributed by atoms with Crippen molar-refractivity contribution >= 4 is 0 Å². The Kier molecular flexibility index (Phi) is 157. The molecule has 10 N–H and O–H groups in total. The Balaban J connectivity index is -0.0000000738. The monoisotopic (exact) mass is 2070 g/mol. The molecule has 900 valence electrons. The van der Waals surface area contributed by atoms with Gasteiger partial charge < -0.3 is 76.9 Å². The maximum absolute atomic E-state index is 5.62. The van der Waals surface area contributed by atoms with E-state index < -0.39 is 0 Å². The van der Waals surface area contributed by atoms with Crippen molar-refractivity contribution in [2.24, 2.45) is 75.4 Å². The van der Waals surface area contributed by atoms with E-state index in [4.69, 9.17) is 23.7 Å². The summed E-state index contributed by atoms with van der Waals surface area (Å²) >= 11 is 0. The van der Waals surface area contributed by atoms with Crippen LogP contribution < -0.4 is 53.2 Å². The van der Waals surface area contributed by atoms with Gasteiger partial charge in [0.15, 0.2) is 0 Å². The molecular weight excluding hydrogens is 1770 g/mol. The van der Waals surface area contributed by atoms with E-state index in [9.17, 15) is 0 Å². The van der Waals surface area contributed by atoms with Gasteiger partial charge in [0.25, 0.3) is 0 Å². The molecular formula is C129H304N10O5. The standard InChI is InChI=1S/5C10H20O.C9H21N.3C8H19N.3C7H17N.2C6H15N.C5H13N.8CH4/c5*1-4-11-10-6-8(2)5-9(3)7-10;1-5-6-7-10-8-9(2,3)4;1-5-6-9-7-8(2,3)4;1-5-6-7-9-8(2,3)4;1-4-5-6-7-9-8(2)3;1-5-8-6-7(2,3)4;1-5-6-8-7(2,3)4;1-4-5-6-8-7(2)3;1-5-7-6(2,3)4;1-4-5-7-6(2)3;1-4-6-5(2)3;;;;;;;;/h5*8-10H,4-7H2,1-3H3;10H,5-8H2,1-4H3;2*9H,5-7H2,1-4H3;8-9H,4-7H2,1-3H3;2*8H,5-6H2,1-4H3;7-8H,4-6H2,1-3H3;7H,5H2,1-4H3;6-7H,4-5H2,1-3H3;5-6H,4H2,1-3H3;8*1H4. The summed E-state index contributed by atoms with van der Waals surface area (Å²) in [6.07, 6.45) is 37.9. The summed E-state index contributed by atoms with van der Waals surface area (Å²) in [6.45, 7) is 132. The van der Waals surface area contributed by atoms with Crippen LogP contribution in [0.25, 0.3) is 0 Å². The van der Waals surface area contributed by atoms with E-state index in [2.05, 4.69) is 406 Å². The fraction of sp³-hybridized carbons (Fsp3) is 1.00. The van der Waals surface area contributed by atoms with Crippen LogP contribution in [0.3, 0.4) is 0 Å². The van der Waals surface area contributed by atoms with E-state index in [1.807, 2.05) is 0 Å². The third-order valence-electron chi connectivity index (χ3n) is 22.7. The van der Waals surface area contributed by atoms with Crippen molar-refractivity contribution in [3.05, 3.63) is 0 Å². The van der Waals surface area contributed by atoms with Crippen LogP contribution in [0.5, 0.6) is 0 Å². The molecule has 0 heterocycles. The van der Waals surface area contributed by atoms with Gasteiger partial charge in [-0.05, 0) is 399 Å². The zero-order valence-corrected chi connectivity index (χ0v) is 104. The van der Waals surface area contributed by atoms with Gasteiger partial charge in [0.05, 0.1) is 30.5 Å². The molecule has 0 aromatic heterocycles. The van der Waals surface area contributed by atoms with Crippen LogP contribution in [0.2, 0.25) is 0 Å². The van der Waals surface area contributed by atoms with Crippen LogP contribution in [0, 0.1) is 75.4 Å². The van der Waals surface area contributed by atoms with Crippen molar-refractivity contribution in [3.63, 3.8) is 0 Å². The lowest BCUT2D eigenvalue weighted by Gasteiger charge is -2.30. The molecule has 0 aromatic rings. The van der Waals surface area contributed by atoms with Gasteiger partial charge in [0, 0.05) is 73.8 Å². The SMILES string of the molecule is C.C.C.C.C.C.C.C.CCCCCNC(C)C.CCCCNC(C)(C)C.CCCCNC(C)C.CCCCNCC(C)(C)C.CCCNC(C)(C)C.CCCNC(C)C.CCCNCC(C)(C)C.CCNC(C)(C)C.CCNC(C)C.CCNCC(C)(C)C.CCOC1CC(C)CC(C)C1.CCOC1CC(C)CC(C)C1.CCOC1CC(C)CC(C)C1.CCOC1CC(C)CC(C)C1.CCOC1CC(C)CC(C)C1. The van der Waals surface area contributed by atoms with Gasteiger partial charge in [-0.3, -0.25) is 0 Å².